The summed E-state index contributed by atoms with van der Waals surface area (Å²) in [6.45, 7) is 5.24. The largest absolute Gasteiger partial charge is 0.418 e. The number of carbonyl (C=O) groups excluding carboxylic acids is 1. The second-order valence-corrected chi connectivity index (χ2v) is 8.70. The monoisotopic (exact) mass is 514 g/mol. The van der Waals surface area contributed by atoms with Crippen molar-refractivity contribution in [3.05, 3.63) is 77.5 Å². The van der Waals surface area contributed by atoms with Crippen molar-refractivity contribution in [2.24, 2.45) is 4.99 Å². The number of benzene rings is 1. The highest BCUT2D eigenvalue weighted by molar-refractivity contribution is 7.58. The number of aryl methyl sites for hydroxylation is 1. The Balaban J connectivity index is 1.64. The van der Waals surface area contributed by atoms with Crippen molar-refractivity contribution in [1.29, 1.82) is 0 Å². The maximum atomic E-state index is 13.1. The van der Waals surface area contributed by atoms with Crippen LogP contribution in [-0.4, -0.2) is 40.0 Å². The van der Waals surface area contributed by atoms with Gasteiger partial charge in [-0.15, -0.1) is 0 Å². The molecule has 0 radical (unpaired) electrons. The van der Waals surface area contributed by atoms with Crippen molar-refractivity contribution in [1.82, 2.24) is 15.0 Å². The van der Waals surface area contributed by atoms with E-state index in [2.05, 4.69) is 30.6 Å². The predicted molar refractivity (Wildman–Crippen MR) is 139 cm³/mol. The molecule has 0 saturated heterocycles. The fourth-order valence-electron chi connectivity index (χ4n) is 3.39. The van der Waals surface area contributed by atoms with Crippen molar-refractivity contribution in [2.75, 3.05) is 24.3 Å². The molecule has 11 heteroatoms. The van der Waals surface area contributed by atoms with Crippen LogP contribution in [-0.2, 0) is 17.4 Å². The first-order valence-electron chi connectivity index (χ1n) is 11.0. The molecule has 188 valence electrons. The summed E-state index contributed by atoms with van der Waals surface area (Å²) in [5.41, 5.74) is 3.15. The number of allylic oxidation sites excluding steroid dienone is 2. The summed E-state index contributed by atoms with van der Waals surface area (Å²) in [5.74, 6) is 0.0153. The Morgan fingerprint density at radius 1 is 1.06 bits per heavy atom. The summed E-state index contributed by atoms with van der Waals surface area (Å²) < 4.78 is 39.2. The van der Waals surface area contributed by atoms with Crippen molar-refractivity contribution < 1.29 is 18.0 Å². The van der Waals surface area contributed by atoms with Crippen LogP contribution in [0.2, 0.25) is 0 Å². The smallest absolute Gasteiger partial charge is 0.324 e. The number of amides is 1. The molecule has 0 bridgehead atoms. The van der Waals surface area contributed by atoms with E-state index in [-0.39, 0.29) is 17.8 Å². The fraction of sp³-hybridized carbons (Fsp3) is 0.240. The van der Waals surface area contributed by atoms with E-state index in [1.807, 2.05) is 31.8 Å². The van der Waals surface area contributed by atoms with Gasteiger partial charge in [-0.2, -0.15) is 13.2 Å². The summed E-state index contributed by atoms with van der Waals surface area (Å²) >= 11 is 0. The molecule has 1 amide bonds. The van der Waals surface area contributed by atoms with Crippen molar-refractivity contribution in [2.45, 2.75) is 26.4 Å². The Kier molecular flexibility index (Phi) is 8.88. The summed E-state index contributed by atoms with van der Waals surface area (Å²) in [6.07, 6.45) is 1.99. The molecule has 0 aliphatic rings. The van der Waals surface area contributed by atoms with Crippen LogP contribution < -0.4 is 10.6 Å². The molecule has 3 aromatic rings. The van der Waals surface area contributed by atoms with Gasteiger partial charge in [-0.05, 0) is 37.7 Å². The lowest BCUT2D eigenvalue weighted by molar-refractivity contribution is -0.138. The molecular weight excluding hydrogens is 488 g/mol. The van der Waals surface area contributed by atoms with E-state index in [4.69, 9.17) is 0 Å². The molecule has 2 aromatic heterocycles. The van der Waals surface area contributed by atoms with Gasteiger partial charge in [0.15, 0.2) is 0 Å². The molecule has 0 spiro atoms. The first-order valence-corrected chi connectivity index (χ1v) is 12.5. The van der Waals surface area contributed by atoms with E-state index < -0.39 is 17.6 Å². The maximum Gasteiger partial charge on any atom is 0.418 e. The molecule has 2 heterocycles. The molecular formula is C25H26F3N6OP. The summed E-state index contributed by atoms with van der Waals surface area (Å²) in [6, 6.07) is 8.11. The van der Waals surface area contributed by atoms with E-state index in [0.29, 0.717) is 20.1 Å². The minimum atomic E-state index is -4.54. The van der Waals surface area contributed by atoms with Gasteiger partial charge >= 0.3 is 6.18 Å². The highest BCUT2D eigenvalue weighted by atomic mass is 31.1. The van der Waals surface area contributed by atoms with Crippen LogP contribution in [0.3, 0.4) is 0 Å². The fourth-order valence-corrected chi connectivity index (χ4v) is 4.09. The quantitative estimate of drug-likeness (QED) is 0.297. The van der Waals surface area contributed by atoms with Gasteiger partial charge in [0.1, 0.15) is 0 Å². The lowest BCUT2D eigenvalue weighted by Crippen LogP contribution is -2.16. The van der Waals surface area contributed by atoms with Crippen LogP contribution in [0.15, 0.2) is 65.7 Å². The summed E-state index contributed by atoms with van der Waals surface area (Å²) in [5, 5.41) is 5.66. The van der Waals surface area contributed by atoms with E-state index in [1.54, 1.807) is 31.6 Å². The van der Waals surface area contributed by atoms with Crippen LogP contribution in [0.25, 0.3) is 11.1 Å². The number of halogens is 3. The highest BCUT2D eigenvalue weighted by Gasteiger charge is 2.33. The maximum absolute atomic E-state index is 13.1. The van der Waals surface area contributed by atoms with Gasteiger partial charge in [-0.3, -0.25) is 14.8 Å². The van der Waals surface area contributed by atoms with Gasteiger partial charge in [-0.1, -0.05) is 38.9 Å². The average Bonchev–Trinajstić information content (AvgIpc) is 2.85. The Bertz CT molecular complexity index is 1270. The number of aromatic nitrogens is 3. The molecule has 0 saturated carbocycles. The highest BCUT2D eigenvalue weighted by Crippen LogP contribution is 2.32. The van der Waals surface area contributed by atoms with E-state index in [0.717, 1.165) is 28.3 Å². The zero-order valence-corrected chi connectivity index (χ0v) is 21.2. The van der Waals surface area contributed by atoms with Crippen molar-refractivity contribution >= 4 is 31.6 Å². The first kappa shape index (κ1) is 26.9. The number of carbonyl (C=O) groups is 1. The molecule has 36 heavy (non-hydrogen) atoms. The normalized spacial score (nSPS) is 12.8. The topological polar surface area (TPSA) is 92.2 Å². The molecule has 0 aliphatic carbocycles. The molecule has 1 atom stereocenters. The number of aliphatic imine (C=N–C) groups is 1. The Morgan fingerprint density at radius 2 is 1.72 bits per heavy atom. The minimum absolute atomic E-state index is 0.000398. The van der Waals surface area contributed by atoms with Crippen LogP contribution in [0.5, 0.6) is 0 Å². The Labute approximate surface area is 209 Å². The molecule has 3 rings (SSSR count). The number of hydrogen-bond donors (Lipinski definition) is 2. The number of pyridine rings is 1. The second kappa shape index (κ2) is 11.9. The lowest BCUT2D eigenvalue weighted by atomic mass is 10.0. The van der Waals surface area contributed by atoms with E-state index in [9.17, 15) is 18.0 Å². The van der Waals surface area contributed by atoms with Crippen LogP contribution >= 0.6 is 8.58 Å². The minimum Gasteiger partial charge on any atom is -0.324 e. The van der Waals surface area contributed by atoms with Gasteiger partial charge in [0.25, 0.3) is 0 Å². The molecule has 0 fully saturated rings. The lowest BCUT2D eigenvalue weighted by Gasteiger charge is -2.12. The van der Waals surface area contributed by atoms with Gasteiger partial charge in [-0.25, -0.2) is 9.97 Å². The Hall–Kier alpha value is -3.65. The second-order valence-electron chi connectivity index (χ2n) is 7.72. The third kappa shape index (κ3) is 6.95. The summed E-state index contributed by atoms with van der Waals surface area (Å²) in [4.78, 5) is 29.1. The zero-order valence-electron chi connectivity index (χ0n) is 20.2. The first-order chi connectivity index (χ1) is 17.1. The number of nitrogens with one attached hydrogen (secondary N) is 2. The number of nitrogens with zero attached hydrogens (tertiary/aromatic N) is 4. The standard InChI is InChI=1S/C25H26F3N6OP/c1-5-21(23(29-3)36-4)34-24-31-12-18(13-32-24)17-8-6-16(7-9-17)10-22(35)33-19-11-20(25(26,27)28)15(2)30-14-19/h5-9,11-14,36H,10H2,1-4H3,(H,33,35)(H,31,32,34)/b21-5+,29-23+. The van der Waals surface area contributed by atoms with Crippen LogP contribution in [0.4, 0.5) is 24.8 Å². The van der Waals surface area contributed by atoms with Crippen LogP contribution in [0.1, 0.15) is 23.7 Å². The number of rotatable bonds is 8. The van der Waals surface area contributed by atoms with E-state index >= 15 is 0 Å². The average molecular weight is 514 g/mol. The van der Waals surface area contributed by atoms with Crippen molar-refractivity contribution in [3.8, 4) is 11.1 Å². The number of anilines is 2. The SMILES string of the molecule is C/C=C(Nc1ncc(-c2ccc(CC(=O)Nc3cnc(C)c(C(F)(F)F)c3)cc2)cn1)\C(=N/C)PC. The molecule has 2 N–H and O–H groups in total. The molecule has 0 aliphatic heterocycles. The van der Waals surface area contributed by atoms with Crippen LogP contribution in [0, 0.1) is 6.92 Å². The predicted octanol–water partition coefficient (Wildman–Crippen LogP) is 5.70. The number of hydrogen-bond acceptors (Lipinski definition) is 6. The third-order valence-corrected chi connectivity index (χ3v) is 6.20. The van der Waals surface area contributed by atoms with Crippen molar-refractivity contribution in [3.63, 3.8) is 0 Å². The van der Waals surface area contributed by atoms with Gasteiger partial charge in [0.2, 0.25) is 11.9 Å². The third-order valence-electron chi connectivity index (χ3n) is 5.23. The molecule has 1 aromatic carbocycles. The molecule has 7 nitrogen and oxygen atoms in total. The van der Waals surface area contributed by atoms with Gasteiger partial charge < -0.3 is 10.6 Å². The Morgan fingerprint density at radius 3 is 2.28 bits per heavy atom. The van der Waals surface area contributed by atoms with E-state index in [1.165, 1.54) is 13.1 Å². The van der Waals surface area contributed by atoms with Gasteiger partial charge in [0, 0.05) is 30.7 Å². The van der Waals surface area contributed by atoms with Gasteiger partial charge in [0.05, 0.1) is 35.0 Å². The number of alkyl halides is 3. The summed E-state index contributed by atoms with van der Waals surface area (Å²) in [7, 11) is 2.28. The molecule has 1 unspecified atom stereocenters. The zero-order chi connectivity index (χ0) is 26.3.